The van der Waals surface area contributed by atoms with E-state index in [1.54, 1.807) is 23.7 Å². The fourth-order valence-corrected chi connectivity index (χ4v) is 7.93. The van der Waals surface area contributed by atoms with E-state index in [4.69, 9.17) is 11.2 Å². The van der Waals surface area contributed by atoms with Crippen LogP contribution in [0.15, 0.2) is 29.2 Å². The number of carbonyl (C=O) groups excluding carboxylic acids is 1. The second-order valence-corrected chi connectivity index (χ2v) is 12.0. The SMILES string of the molecule is C#CC1CC2(C1)CC(NCC1Cc3ccccc3S1(=O)=O)(c1nnnn1CCC(=O)OCC)C2. The van der Waals surface area contributed by atoms with Gasteiger partial charge in [0.2, 0.25) is 0 Å². The molecule has 2 fully saturated rings. The molecule has 2 aliphatic carbocycles. The zero-order chi connectivity index (χ0) is 24.0. The average Bonchev–Trinajstić information content (AvgIpc) is 3.33. The lowest BCUT2D eigenvalue weighted by Gasteiger charge is -2.62. The monoisotopic (exact) mass is 483 g/mol. The minimum absolute atomic E-state index is 0.138. The first-order chi connectivity index (χ1) is 16.3. The molecule has 1 N–H and O–H groups in total. The van der Waals surface area contributed by atoms with Gasteiger partial charge in [-0.3, -0.25) is 4.79 Å². The van der Waals surface area contributed by atoms with Gasteiger partial charge in [0.1, 0.15) is 0 Å². The number of hydrogen-bond acceptors (Lipinski definition) is 8. The first-order valence-corrected chi connectivity index (χ1v) is 13.3. The van der Waals surface area contributed by atoms with Crippen LogP contribution in [0.1, 0.15) is 50.4 Å². The van der Waals surface area contributed by atoms with E-state index in [-0.39, 0.29) is 17.8 Å². The van der Waals surface area contributed by atoms with E-state index in [0.29, 0.717) is 42.8 Å². The largest absolute Gasteiger partial charge is 0.466 e. The summed E-state index contributed by atoms with van der Waals surface area (Å²) in [6, 6.07) is 7.20. The number of aryl methyl sites for hydroxylation is 1. The summed E-state index contributed by atoms with van der Waals surface area (Å²) in [5.74, 6) is 3.47. The fourth-order valence-electron chi connectivity index (χ4n) is 6.09. The molecule has 0 bridgehead atoms. The highest BCUT2D eigenvalue weighted by molar-refractivity contribution is 7.92. The van der Waals surface area contributed by atoms with Crippen molar-refractivity contribution in [2.24, 2.45) is 11.3 Å². The molecule has 9 nitrogen and oxygen atoms in total. The van der Waals surface area contributed by atoms with Crippen molar-refractivity contribution in [1.82, 2.24) is 25.5 Å². The summed E-state index contributed by atoms with van der Waals surface area (Å²) in [5, 5.41) is 15.3. The molecular formula is C24H29N5O4S. The molecule has 34 heavy (non-hydrogen) atoms. The molecule has 1 aromatic heterocycles. The van der Waals surface area contributed by atoms with Gasteiger partial charge >= 0.3 is 5.97 Å². The smallest absolute Gasteiger partial charge is 0.307 e. The normalized spacial score (nSPS) is 30.7. The second-order valence-electron chi connectivity index (χ2n) is 9.85. The summed E-state index contributed by atoms with van der Waals surface area (Å²) in [5.41, 5.74) is 0.449. The molecule has 1 unspecified atom stereocenters. The molecule has 0 amide bonds. The molecule has 2 aromatic rings. The Morgan fingerprint density at radius 2 is 2.09 bits per heavy atom. The van der Waals surface area contributed by atoms with E-state index in [1.165, 1.54) is 0 Å². The summed E-state index contributed by atoms with van der Waals surface area (Å²) in [6.45, 7) is 2.70. The van der Waals surface area contributed by atoms with E-state index in [2.05, 4.69) is 26.8 Å². The van der Waals surface area contributed by atoms with Crippen LogP contribution in [0, 0.1) is 23.7 Å². The number of fused-ring (bicyclic) bond motifs is 1. The molecule has 0 saturated heterocycles. The van der Waals surface area contributed by atoms with Crippen LogP contribution in [-0.2, 0) is 37.9 Å². The number of esters is 1. The number of nitrogens with zero attached hydrogens (tertiary/aromatic N) is 4. The van der Waals surface area contributed by atoms with Gasteiger partial charge in [0, 0.05) is 12.5 Å². The van der Waals surface area contributed by atoms with Crippen LogP contribution >= 0.6 is 0 Å². The van der Waals surface area contributed by atoms with Crippen molar-refractivity contribution in [3.63, 3.8) is 0 Å². The van der Waals surface area contributed by atoms with Gasteiger partial charge in [-0.2, -0.15) is 0 Å². The molecule has 1 atom stereocenters. The molecule has 0 radical (unpaired) electrons. The number of ether oxygens (including phenoxy) is 1. The number of rotatable bonds is 8. The Balaban J connectivity index is 1.35. The minimum Gasteiger partial charge on any atom is -0.466 e. The molecule has 1 spiro atoms. The number of hydrogen-bond donors (Lipinski definition) is 1. The summed E-state index contributed by atoms with van der Waals surface area (Å²) in [4.78, 5) is 12.3. The predicted molar refractivity (Wildman–Crippen MR) is 123 cm³/mol. The number of sulfone groups is 1. The van der Waals surface area contributed by atoms with Crippen LogP contribution in [0.4, 0.5) is 0 Å². The highest BCUT2D eigenvalue weighted by atomic mass is 32.2. The third-order valence-electron chi connectivity index (χ3n) is 7.57. The molecular weight excluding hydrogens is 454 g/mol. The van der Waals surface area contributed by atoms with Crippen molar-refractivity contribution in [3.8, 4) is 12.3 Å². The lowest BCUT2D eigenvalue weighted by molar-refractivity contribution is -0.143. The highest BCUT2D eigenvalue weighted by Crippen LogP contribution is 2.65. The van der Waals surface area contributed by atoms with E-state index in [1.807, 2.05) is 12.1 Å². The molecule has 10 heteroatoms. The standard InChI is InChI=1S/C24H29N5O4S/c1-3-17-12-23(13-17)15-24(16-23,22-26-27-28-29(22)10-9-21(30)33-4-2)25-14-19-11-18-7-5-6-8-20(18)34(19,31)32/h1,5-8,17,19,25H,4,9-16H2,2H3. The van der Waals surface area contributed by atoms with Gasteiger partial charge in [0.25, 0.3) is 0 Å². The zero-order valence-corrected chi connectivity index (χ0v) is 20.1. The van der Waals surface area contributed by atoms with Crippen LogP contribution in [0.2, 0.25) is 0 Å². The van der Waals surface area contributed by atoms with Crippen molar-refractivity contribution in [2.75, 3.05) is 13.2 Å². The predicted octanol–water partition coefficient (Wildman–Crippen LogP) is 1.63. The molecule has 1 aliphatic heterocycles. The van der Waals surface area contributed by atoms with E-state index < -0.39 is 20.6 Å². The maximum Gasteiger partial charge on any atom is 0.307 e. The molecule has 5 rings (SSSR count). The summed E-state index contributed by atoms with van der Waals surface area (Å²) < 4.78 is 32.9. The Morgan fingerprint density at radius 3 is 2.79 bits per heavy atom. The number of tetrazole rings is 1. The second kappa shape index (κ2) is 8.47. The number of terminal acetylenes is 1. The Labute approximate surface area is 199 Å². The van der Waals surface area contributed by atoms with Crippen LogP contribution in [-0.4, -0.2) is 53.0 Å². The lowest BCUT2D eigenvalue weighted by Crippen LogP contribution is -2.64. The third-order valence-corrected chi connectivity index (χ3v) is 9.80. The van der Waals surface area contributed by atoms with Crippen molar-refractivity contribution in [1.29, 1.82) is 0 Å². The van der Waals surface area contributed by atoms with Gasteiger partial charge in [0.05, 0.1) is 35.3 Å². The van der Waals surface area contributed by atoms with Crippen molar-refractivity contribution >= 4 is 15.8 Å². The minimum atomic E-state index is -3.40. The van der Waals surface area contributed by atoms with Gasteiger partial charge < -0.3 is 10.1 Å². The number of aromatic nitrogens is 4. The van der Waals surface area contributed by atoms with E-state index in [0.717, 1.165) is 31.2 Å². The Kier molecular flexibility index (Phi) is 5.73. The van der Waals surface area contributed by atoms with Gasteiger partial charge in [-0.05, 0) is 66.5 Å². The Morgan fingerprint density at radius 1 is 1.32 bits per heavy atom. The number of benzene rings is 1. The Bertz CT molecular complexity index is 1230. The third kappa shape index (κ3) is 3.81. The Hall–Kier alpha value is -2.77. The van der Waals surface area contributed by atoms with Gasteiger partial charge in [-0.15, -0.1) is 17.4 Å². The van der Waals surface area contributed by atoms with Crippen molar-refractivity contribution in [3.05, 3.63) is 35.7 Å². The number of nitrogens with one attached hydrogen (secondary N) is 1. The first kappa shape index (κ1) is 23.0. The molecule has 3 aliphatic rings. The molecule has 180 valence electrons. The maximum absolute atomic E-state index is 13.1. The quantitative estimate of drug-likeness (QED) is 0.445. The van der Waals surface area contributed by atoms with Gasteiger partial charge in [0.15, 0.2) is 15.7 Å². The van der Waals surface area contributed by atoms with E-state index >= 15 is 0 Å². The average molecular weight is 484 g/mol. The van der Waals surface area contributed by atoms with Crippen molar-refractivity contribution < 1.29 is 17.9 Å². The molecule has 2 saturated carbocycles. The molecule has 2 heterocycles. The fraction of sp³-hybridized carbons (Fsp3) is 0.583. The zero-order valence-electron chi connectivity index (χ0n) is 19.2. The van der Waals surface area contributed by atoms with Crippen LogP contribution in [0.3, 0.4) is 0 Å². The van der Waals surface area contributed by atoms with Gasteiger partial charge in [-0.25, -0.2) is 13.1 Å². The van der Waals surface area contributed by atoms with Crippen LogP contribution in [0.25, 0.3) is 0 Å². The van der Waals surface area contributed by atoms with Gasteiger partial charge in [-0.1, -0.05) is 18.2 Å². The summed E-state index contributed by atoms with van der Waals surface area (Å²) in [6.07, 6.45) is 9.77. The summed E-state index contributed by atoms with van der Waals surface area (Å²) >= 11 is 0. The van der Waals surface area contributed by atoms with E-state index in [9.17, 15) is 13.2 Å². The van der Waals surface area contributed by atoms with Crippen LogP contribution in [0.5, 0.6) is 0 Å². The highest BCUT2D eigenvalue weighted by Gasteiger charge is 2.62. The van der Waals surface area contributed by atoms with Crippen LogP contribution < -0.4 is 5.32 Å². The van der Waals surface area contributed by atoms with Crippen molar-refractivity contribution in [2.45, 2.75) is 67.7 Å². The first-order valence-electron chi connectivity index (χ1n) is 11.8. The summed E-state index contributed by atoms with van der Waals surface area (Å²) in [7, 11) is -3.40. The topological polar surface area (TPSA) is 116 Å². The molecule has 1 aromatic carbocycles. The number of carbonyl (C=O) groups is 1. The maximum atomic E-state index is 13.1. The lowest BCUT2D eigenvalue weighted by atomic mass is 9.45.